The van der Waals surface area contributed by atoms with Crippen LogP contribution in [-0.2, 0) is 6.18 Å². The number of rotatable bonds is 3. The van der Waals surface area contributed by atoms with Crippen molar-refractivity contribution in [1.29, 1.82) is 0 Å². The molecule has 1 fully saturated rings. The van der Waals surface area contributed by atoms with Gasteiger partial charge in [-0.25, -0.2) is 0 Å². The first-order valence-electron chi connectivity index (χ1n) is 6.04. The van der Waals surface area contributed by atoms with Gasteiger partial charge >= 0.3 is 6.18 Å². The molecule has 1 aromatic carbocycles. The van der Waals surface area contributed by atoms with E-state index in [1.54, 1.807) is 0 Å². The summed E-state index contributed by atoms with van der Waals surface area (Å²) in [6, 6.07) is 2.15. The molecule has 1 aliphatic heterocycles. The quantitative estimate of drug-likeness (QED) is 0.919. The molecule has 0 spiro atoms. The molecule has 6 heteroatoms. The van der Waals surface area contributed by atoms with Crippen LogP contribution >= 0.6 is 0 Å². The van der Waals surface area contributed by atoms with Crippen LogP contribution in [0.15, 0.2) is 12.1 Å². The van der Waals surface area contributed by atoms with Crippen LogP contribution in [0.2, 0.25) is 0 Å². The predicted octanol–water partition coefficient (Wildman–Crippen LogP) is 3.15. The second-order valence-corrected chi connectivity index (χ2v) is 4.44. The molecule has 0 aromatic heterocycles. The van der Waals surface area contributed by atoms with E-state index in [4.69, 9.17) is 9.47 Å². The van der Waals surface area contributed by atoms with E-state index in [1.165, 1.54) is 20.3 Å². The third kappa shape index (κ3) is 2.78. The maximum atomic E-state index is 13.1. The molecule has 1 aromatic rings. The molecule has 0 radical (unpaired) electrons. The highest BCUT2D eigenvalue weighted by Gasteiger charge is 2.37. The number of alkyl halides is 3. The van der Waals surface area contributed by atoms with E-state index in [1.807, 2.05) is 0 Å². The van der Waals surface area contributed by atoms with Crippen LogP contribution in [0, 0.1) is 0 Å². The zero-order valence-corrected chi connectivity index (χ0v) is 10.8. The van der Waals surface area contributed by atoms with Gasteiger partial charge in [-0.3, -0.25) is 0 Å². The Bertz CT molecular complexity index is 454. The van der Waals surface area contributed by atoms with Crippen molar-refractivity contribution in [1.82, 2.24) is 5.32 Å². The van der Waals surface area contributed by atoms with Crippen LogP contribution in [0.4, 0.5) is 13.2 Å². The summed E-state index contributed by atoms with van der Waals surface area (Å²) in [5, 5.41) is 3.08. The maximum absolute atomic E-state index is 13.1. The van der Waals surface area contributed by atoms with Crippen LogP contribution in [0.25, 0.3) is 0 Å². The van der Waals surface area contributed by atoms with E-state index in [0.29, 0.717) is 12.2 Å². The number of methoxy groups -OCH3 is 2. The molecule has 106 valence electrons. The van der Waals surface area contributed by atoms with Crippen molar-refractivity contribution in [3.8, 4) is 11.5 Å². The molecule has 0 saturated carbocycles. The smallest absolute Gasteiger partial charge is 0.416 e. The number of nitrogens with one attached hydrogen (secondary N) is 1. The molecule has 0 bridgehead atoms. The normalized spacial score (nSPS) is 19.5. The van der Waals surface area contributed by atoms with Gasteiger partial charge in [0.1, 0.15) is 0 Å². The van der Waals surface area contributed by atoms with Gasteiger partial charge in [-0.2, -0.15) is 13.2 Å². The van der Waals surface area contributed by atoms with E-state index >= 15 is 0 Å². The van der Waals surface area contributed by atoms with Crippen LogP contribution in [0.5, 0.6) is 11.5 Å². The first-order valence-corrected chi connectivity index (χ1v) is 6.04. The predicted molar refractivity (Wildman–Crippen MR) is 64.5 cm³/mol. The Labute approximate surface area is 109 Å². The number of benzene rings is 1. The molecule has 1 heterocycles. The van der Waals surface area contributed by atoms with Crippen LogP contribution in [-0.4, -0.2) is 20.8 Å². The minimum absolute atomic E-state index is 0.0940. The van der Waals surface area contributed by atoms with E-state index in [9.17, 15) is 13.2 Å². The summed E-state index contributed by atoms with van der Waals surface area (Å²) in [6.07, 6.45) is -2.84. The Kier molecular flexibility index (Phi) is 3.89. The lowest BCUT2D eigenvalue weighted by atomic mass is 9.97. The Morgan fingerprint density at radius 3 is 2.26 bits per heavy atom. The molecule has 19 heavy (non-hydrogen) atoms. The molecular weight excluding hydrogens is 259 g/mol. The van der Waals surface area contributed by atoms with Crippen molar-refractivity contribution in [2.45, 2.75) is 25.1 Å². The third-order valence-corrected chi connectivity index (χ3v) is 3.30. The average Bonchev–Trinajstić information content (AvgIpc) is 2.89. The SMILES string of the molecule is COc1cc(C2CCCN2)c(C(F)(F)F)cc1OC. The summed E-state index contributed by atoms with van der Waals surface area (Å²) in [5.41, 5.74) is -0.438. The molecule has 2 rings (SSSR count). The zero-order valence-electron chi connectivity index (χ0n) is 10.8. The van der Waals surface area contributed by atoms with E-state index in [0.717, 1.165) is 19.0 Å². The van der Waals surface area contributed by atoms with E-state index < -0.39 is 11.7 Å². The minimum Gasteiger partial charge on any atom is -0.493 e. The van der Waals surface area contributed by atoms with Gasteiger partial charge in [-0.15, -0.1) is 0 Å². The van der Waals surface area contributed by atoms with Gasteiger partial charge < -0.3 is 14.8 Å². The molecule has 1 N–H and O–H groups in total. The number of ether oxygens (including phenoxy) is 2. The first kappa shape index (κ1) is 14.0. The second kappa shape index (κ2) is 5.28. The average molecular weight is 275 g/mol. The Morgan fingerprint density at radius 1 is 1.16 bits per heavy atom. The van der Waals surface area contributed by atoms with Crippen LogP contribution in [0.3, 0.4) is 0 Å². The monoisotopic (exact) mass is 275 g/mol. The van der Waals surface area contributed by atoms with Crippen molar-refractivity contribution in [2.75, 3.05) is 20.8 Å². The Balaban J connectivity index is 2.54. The zero-order chi connectivity index (χ0) is 14.0. The van der Waals surface area contributed by atoms with Crippen molar-refractivity contribution in [3.05, 3.63) is 23.3 Å². The van der Waals surface area contributed by atoms with Gasteiger partial charge in [0.15, 0.2) is 11.5 Å². The third-order valence-electron chi connectivity index (χ3n) is 3.30. The van der Waals surface area contributed by atoms with Crippen LogP contribution in [0.1, 0.15) is 30.0 Å². The first-order chi connectivity index (χ1) is 8.97. The summed E-state index contributed by atoms with van der Waals surface area (Å²) < 4.78 is 49.4. The van der Waals surface area contributed by atoms with Gasteiger partial charge in [0, 0.05) is 6.04 Å². The van der Waals surface area contributed by atoms with Gasteiger partial charge in [0.25, 0.3) is 0 Å². The van der Waals surface area contributed by atoms with Gasteiger partial charge in [-0.1, -0.05) is 0 Å². The fourth-order valence-electron chi connectivity index (χ4n) is 2.38. The fourth-order valence-corrected chi connectivity index (χ4v) is 2.38. The lowest BCUT2D eigenvalue weighted by Gasteiger charge is -2.20. The molecule has 0 aliphatic carbocycles. The van der Waals surface area contributed by atoms with Gasteiger partial charge in [0.2, 0.25) is 0 Å². The molecule has 1 unspecified atom stereocenters. The van der Waals surface area contributed by atoms with Gasteiger partial charge in [-0.05, 0) is 37.1 Å². The molecule has 1 saturated heterocycles. The van der Waals surface area contributed by atoms with Crippen molar-refractivity contribution < 1.29 is 22.6 Å². The van der Waals surface area contributed by atoms with Crippen molar-refractivity contribution in [3.63, 3.8) is 0 Å². The summed E-state index contributed by atoms with van der Waals surface area (Å²) in [6.45, 7) is 0.732. The van der Waals surface area contributed by atoms with Crippen LogP contribution < -0.4 is 14.8 Å². The summed E-state index contributed by atoms with van der Waals surface area (Å²) >= 11 is 0. The molecule has 1 atom stereocenters. The summed E-state index contributed by atoms with van der Waals surface area (Å²) in [7, 11) is 2.74. The minimum atomic E-state index is -4.40. The van der Waals surface area contributed by atoms with E-state index in [-0.39, 0.29) is 17.4 Å². The highest BCUT2D eigenvalue weighted by Crippen LogP contribution is 2.42. The topological polar surface area (TPSA) is 30.5 Å². The fraction of sp³-hybridized carbons (Fsp3) is 0.538. The number of hydrogen-bond donors (Lipinski definition) is 1. The standard InChI is InChI=1S/C13H16F3NO2/c1-18-11-6-8(10-4-3-5-17-10)9(13(14,15)16)7-12(11)19-2/h6-7,10,17H,3-5H2,1-2H3. The maximum Gasteiger partial charge on any atom is 0.416 e. The summed E-state index contributed by atoms with van der Waals surface area (Å²) in [5.74, 6) is 0.413. The van der Waals surface area contributed by atoms with Crippen molar-refractivity contribution in [2.24, 2.45) is 0 Å². The Hall–Kier alpha value is -1.43. The molecule has 1 aliphatic rings. The number of hydrogen-bond acceptors (Lipinski definition) is 3. The van der Waals surface area contributed by atoms with Gasteiger partial charge in [0.05, 0.1) is 19.8 Å². The molecule has 0 amide bonds. The van der Waals surface area contributed by atoms with Crippen molar-refractivity contribution >= 4 is 0 Å². The molecule has 3 nitrogen and oxygen atoms in total. The lowest BCUT2D eigenvalue weighted by molar-refractivity contribution is -0.138. The highest BCUT2D eigenvalue weighted by molar-refractivity contribution is 5.49. The molecular formula is C13H16F3NO2. The van der Waals surface area contributed by atoms with E-state index in [2.05, 4.69) is 5.32 Å². The lowest BCUT2D eigenvalue weighted by Crippen LogP contribution is -2.19. The highest BCUT2D eigenvalue weighted by atomic mass is 19.4. The summed E-state index contributed by atoms with van der Waals surface area (Å²) in [4.78, 5) is 0. The second-order valence-electron chi connectivity index (χ2n) is 4.44. The Morgan fingerprint density at radius 2 is 1.79 bits per heavy atom. The number of halogens is 3. The largest absolute Gasteiger partial charge is 0.493 e.